The first-order valence-corrected chi connectivity index (χ1v) is 6.94. The highest BCUT2D eigenvalue weighted by atomic mass is 32.2. The summed E-state index contributed by atoms with van der Waals surface area (Å²) in [4.78, 5) is 3.59. The number of anilines is 1. The van der Waals surface area contributed by atoms with Crippen molar-refractivity contribution < 1.29 is 26.3 Å². The van der Waals surface area contributed by atoms with E-state index in [-0.39, 0.29) is 29.4 Å². The molecule has 0 unspecified atom stereocenters. The third-order valence-electron chi connectivity index (χ3n) is 2.11. The van der Waals surface area contributed by atoms with Crippen LogP contribution in [0.25, 0.3) is 0 Å². The molecule has 0 aliphatic rings. The lowest BCUT2D eigenvalue weighted by molar-refractivity contribution is -0.173. The Hall–Kier alpha value is -1.35. The number of nitrogen functional groups attached to an aromatic ring is 1. The number of sulfone groups is 1. The smallest absolute Gasteiger partial charge is 0.396 e. The highest BCUT2D eigenvalue weighted by molar-refractivity contribution is 7.91. The second kappa shape index (κ2) is 6.20. The Morgan fingerprint density at radius 1 is 1.37 bits per heavy atom. The lowest BCUT2D eigenvalue weighted by atomic mass is 10.4. The van der Waals surface area contributed by atoms with Crippen molar-refractivity contribution in [3.63, 3.8) is 0 Å². The zero-order chi connectivity index (χ0) is 14.5. The Morgan fingerprint density at radius 2 is 2.05 bits per heavy atom. The lowest BCUT2D eigenvalue weighted by Gasteiger charge is -2.08. The summed E-state index contributed by atoms with van der Waals surface area (Å²) in [6.45, 7) is -1.67. The van der Waals surface area contributed by atoms with Gasteiger partial charge in [0, 0.05) is 12.8 Å². The number of hydrogen-bond donors (Lipinski definition) is 1. The molecule has 1 heterocycles. The molecular weight excluding hydrogens is 285 g/mol. The van der Waals surface area contributed by atoms with Gasteiger partial charge in [-0.25, -0.2) is 8.42 Å². The molecule has 0 saturated carbocycles. The molecule has 9 heteroatoms. The van der Waals surface area contributed by atoms with E-state index >= 15 is 0 Å². The molecule has 0 radical (unpaired) electrons. The minimum absolute atomic E-state index is 0.0127. The number of ether oxygens (including phenoxy) is 1. The standard InChI is InChI=1S/C10H13F3N2O3S/c11-10(12,13)7-18-4-1-5-19(16,17)9-2-3-15-6-8(9)14/h2-3,6H,1,4-5,7,14H2. The molecule has 5 nitrogen and oxygen atoms in total. The molecule has 0 atom stereocenters. The van der Waals surface area contributed by atoms with E-state index in [0.29, 0.717) is 0 Å². The van der Waals surface area contributed by atoms with Crippen molar-refractivity contribution in [3.05, 3.63) is 18.5 Å². The molecule has 0 fully saturated rings. The second-order valence-electron chi connectivity index (χ2n) is 3.75. The van der Waals surface area contributed by atoms with E-state index in [9.17, 15) is 21.6 Å². The molecule has 0 saturated heterocycles. The largest absolute Gasteiger partial charge is 0.411 e. The minimum Gasteiger partial charge on any atom is -0.396 e. The van der Waals surface area contributed by atoms with Crippen molar-refractivity contribution in [1.29, 1.82) is 0 Å². The normalized spacial score (nSPS) is 12.6. The van der Waals surface area contributed by atoms with Gasteiger partial charge in [-0.15, -0.1) is 0 Å². The first-order valence-electron chi connectivity index (χ1n) is 5.29. The Labute approximate surface area is 108 Å². The van der Waals surface area contributed by atoms with Gasteiger partial charge in [0.2, 0.25) is 0 Å². The molecule has 1 aromatic rings. The average Bonchev–Trinajstić information content (AvgIpc) is 2.27. The van der Waals surface area contributed by atoms with Gasteiger partial charge in [-0.05, 0) is 12.5 Å². The fourth-order valence-corrected chi connectivity index (χ4v) is 2.72. The van der Waals surface area contributed by atoms with Crippen molar-refractivity contribution in [3.8, 4) is 0 Å². The Morgan fingerprint density at radius 3 is 2.63 bits per heavy atom. The van der Waals surface area contributed by atoms with Crippen LogP contribution in [0, 0.1) is 0 Å². The lowest BCUT2D eigenvalue weighted by Crippen LogP contribution is -2.18. The van der Waals surface area contributed by atoms with Crippen LogP contribution in [-0.4, -0.2) is 38.5 Å². The number of nitrogens with zero attached hydrogens (tertiary/aromatic N) is 1. The highest BCUT2D eigenvalue weighted by Crippen LogP contribution is 2.18. The summed E-state index contributed by atoms with van der Waals surface area (Å²) in [6.07, 6.45) is -1.97. The summed E-state index contributed by atoms with van der Waals surface area (Å²) in [5.74, 6) is -0.334. The predicted octanol–water partition coefficient (Wildman–Crippen LogP) is 1.41. The van der Waals surface area contributed by atoms with Crippen molar-refractivity contribution in [1.82, 2.24) is 4.98 Å². The van der Waals surface area contributed by atoms with Gasteiger partial charge in [-0.3, -0.25) is 4.98 Å². The van der Waals surface area contributed by atoms with Crippen LogP contribution in [0.5, 0.6) is 0 Å². The Kier molecular flexibility index (Phi) is 5.12. The second-order valence-corrected chi connectivity index (χ2v) is 5.83. The molecule has 0 aliphatic heterocycles. The van der Waals surface area contributed by atoms with Crippen molar-refractivity contribution in [2.24, 2.45) is 0 Å². The summed E-state index contributed by atoms with van der Waals surface area (Å²) in [5.41, 5.74) is 5.49. The molecule has 1 aromatic heterocycles. The van der Waals surface area contributed by atoms with Crippen molar-refractivity contribution in [2.75, 3.05) is 24.7 Å². The summed E-state index contributed by atoms with van der Waals surface area (Å²) in [5, 5.41) is 0. The molecule has 0 aromatic carbocycles. The van der Waals surface area contributed by atoms with E-state index in [2.05, 4.69) is 9.72 Å². The number of alkyl halides is 3. The summed E-state index contributed by atoms with van der Waals surface area (Å²) in [6, 6.07) is 1.25. The van der Waals surface area contributed by atoms with E-state index in [1.165, 1.54) is 18.5 Å². The maximum absolute atomic E-state index is 11.8. The van der Waals surface area contributed by atoms with E-state index in [1.807, 2.05) is 0 Å². The molecule has 0 bridgehead atoms. The summed E-state index contributed by atoms with van der Waals surface area (Å²) in [7, 11) is -3.63. The van der Waals surface area contributed by atoms with Gasteiger partial charge in [0.05, 0.1) is 22.5 Å². The molecule has 108 valence electrons. The van der Waals surface area contributed by atoms with Crippen LogP contribution in [0.15, 0.2) is 23.4 Å². The molecule has 0 spiro atoms. The monoisotopic (exact) mass is 298 g/mol. The predicted molar refractivity (Wildman–Crippen MR) is 62.2 cm³/mol. The van der Waals surface area contributed by atoms with Crippen LogP contribution in [0.1, 0.15) is 6.42 Å². The van der Waals surface area contributed by atoms with E-state index in [0.717, 1.165) is 0 Å². The van der Waals surface area contributed by atoms with Crippen LogP contribution >= 0.6 is 0 Å². The van der Waals surface area contributed by atoms with Gasteiger partial charge in [0.15, 0.2) is 9.84 Å². The summed E-state index contributed by atoms with van der Waals surface area (Å²) < 4.78 is 63.3. The first kappa shape index (κ1) is 15.7. The van der Waals surface area contributed by atoms with Gasteiger partial charge in [0.25, 0.3) is 0 Å². The molecular formula is C10H13F3N2O3S. The molecule has 0 amide bonds. The van der Waals surface area contributed by atoms with Crippen molar-refractivity contribution in [2.45, 2.75) is 17.5 Å². The SMILES string of the molecule is Nc1cnccc1S(=O)(=O)CCCOCC(F)(F)F. The topological polar surface area (TPSA) is 82.3 Å². The van der Waals surface area contributed by atoms with Gasteiger partial charge >= 0.3 is 6.18 Å². The summed E-state index contributed by atoms with van der Waals surface area (Å²) >= 11 is 0. The Bertz CT molecular complexity index is 517. The molecule has 0 aliphatic carbocycles. The first-order chi connectivity index (χ1) is 8.72. The molecule has 19 heavy (non-hydrogen) atoms. The number of hydrogen-bond acceptors (Lipinski definition) is 5. The number of pyridine rings is 1. The average molecular weight is 298 g/mol. The maximum Gasteiger partial charge on any atom is 0.411 e. The van der Waals surface area contributed by atoms with Gasteiger partial charge in [-0.2, -0.15) is 13.2 Å². The highest BCUT2D eigenvalue weighted by Gasteiger charge is 2.27. The van der Waals surface area contributed by atoms with E-state index in [4.69, 9.17) is 5.73 Å². The van der Waals surface area contributed by atoms with Crippen LogP contribution in [0.4, 0.5) is 18.9 Å². The number of rotatable bonds is 6. The number of halogens is 3. The van der Waals surface area contributed by atoms with E-state index in [1.54, 1.807) is 0 Å². The maximum atomic E-state index is 11.8. The van der Waals surface area contributed by atoms with Gasteiger partial charge in [0.1, 0.15) is 6.61 Å². The van der Waals surface area contributed by atoms with E-state index < -0.39 is 22.6 Å². The van der Waals surface area contributed by atoms with Crippen LogP contribution < -0.4 is 5.73 Å². The zero-order valence-electron chi connectivity index (χ0n) is 9.85. The third-order valence-corrected chi connectivity index (χ3v) is 3.98. The van der Waals surface area contributed by atoms with Crippen LogP contribution in [0.2, 0.25) is 0 Å². The third kappa shape index (κ3) is 5.43. The fourth-order valence-electron chi connectivity index (χ4n) is 1.33. The quantitative estimate of drug-likeness (QED) is 0.803. The minimum atomic E-state index is -4.41. The van der Waals surface area contributed by atoms with Gasteiger partial charge < -0.3 is 10.5 Å². The fraction of sp³-hybridized carbons (Fsp3) is 0.500. The zero-order valence-corrected chi connectivity index (χ0v) is 10.7. The number of aromatic nitrogens is 1. The van der Waals surface area contributed by atoms with Crippen LogP contribution in [-0.2, 0) is 14.6 Å². The Balaban J connectivity index is 2.47. The molecule has 2 N–H and O–H groups in total. The van der Waals surface area contributed by atoms with Crippen molar-refractivity contribution >= 4 is 15.5 Å². The van der Waals surface area contributed by atoms with Crippen LogP contribution in [0.3, 0.4) is 0 Å². The van der Waals surface area contributed by atoms with Gasteiger partial charge in [-0.1, -0.05) is 0 Å². The number of nitrogens with two attached hydrogens (primary N) is 1. The molecule has 1 rings (SSSR count).